The lowest BCUT2D eigenvalue weighted by atomic mass is 10.3. The number of hydrogen-bond acceptors (Lipinski definition) is 4. The zero-order valence-corrected chi connectivity index (χ0v) is 7.73. The molecule has 0 saturated heterocycles. The Morgan fingerprint density at radius 3 is 2.64 bits per heavy atom. The van der Waals surface area contributed by atoms with Crippen LogP contribution in [0.3, 0.4) is 0 Å². The third-order valence-electron chi connectivity index (χ3n) is 2.18. The summed E-state index contributed by atoms with van der Waals surface area (Å²) in [5.74, 6) is 0.829. The molecule has 3 N–H and O–H groups in total. The Morgan fingerprint density at radius 2 is 2.14 bits per heavy atom. The van der Waals surface area contributed by atoms with Crippen LogP contribution in [0.1, 0.15) is 23.2 Å². The molecule has 1 aromatic heterocycles. The normalized spacial score (nSPS) is 15.1. The summed E-state index contributed by atoms with van der Waals surface area (Å²) in [4.78, 5) is 18.7. The van der Waals surface area contributed by atoms with Gasteiger partial charge in [0.25, 0.3) is 5.91 Å². The van der Waals surface area contributed by atoms with E-state index in [9.17, 15) is 4.79 Å². The number of carbonyl (C=O) groups is 1. The van der Waals surface area contributed by atoms with E-state index in [0.29, 0.717) is 11.5 Å². The van der Waals surface area contributed by atoms with Gasteiger partial charge in [-0.3, -0.25) is 4.79 Å². The van der Waals surface area contributed by atoms with Gasteiger partial charge < -0.3 is 11.1 Å². The van der Waals surface area contributed by atoms with Crippen LogP contribution in [0.2, 0.25) is 0 Å². The van der Waals surface area contributed by atoms with Crippen LogP contribution in [0.5, 0.6) is 0 Å². The summed E-state index contributed by atoms with van der Waals surface area (Å²) in [6, 6.07) is 0. The number of nitrogens with one attached hydrogen (secondary N) is 1. The van der Waals surface area contributed by atoms with Gasteiger partial charge in [-0.05, 0) is 18.8 Å². The van der Waals surface area contributed by atoms with Gasteiger partial charge in [0.1, 0.15) is 0 Å². The van der Waals surface area contributed by atoms with Crippen molar-refractivity contribution in [2.24, 2.45) is 11.7 Å². The van der Waals surface area contributed by atoms with E-state index < -0.39 is 5.91 Å². The standard InChI is InChI=1S/C9H12N4O/c10-8(14)7-4-12-9(13-5-7)11-3-6-1-2-6/h4-6H,1-3H2,(H2,10,14)(H,11,12,13). The summed E-state index contributed by atoms with van der Waals surface area (Å²) in [5.41, 5.74) is 5.39. The first kappa shape index (κ1) is 8.93. The first-order valence-electron chi connectivity index (χ1n) is 4.61. The highest BCUT2D eigenvalue weighted by atomic mass is 16.1. The molecule has 5 heteroatoms. The lowest BCUT2D eigenvalue weighted by Gasteiger charge is -2.02. The number of carbonyl (C=O) groups excluding carboxylic acids is 1. The van der Waals surface area contributed by atoms with Crippen molar-refractivity contribution in [3.8, 4) is 0 Å². The summed E-state index contributed by atoms with van der Waals surface area (Å²) in [7, 11) is 0. The number of hydrogen-bond donors (Lipinski definition) is 2. The molecule has 1 amide bonds. The van der Waals surface area contributed by atoms with Gasteiger partial charge in [0.2, 0.25) is 5.95 Å². The molecule has 2 rings (SSSR count). The number of nitrogens with zero attached hydrogens (tertiary/aromatic N) is 2. The molecule has 0 atom stereocenters. The molecule has 5 nitrogen and oxygen atoms in total. The number of anilines is 1. The van der Waals surface area contributed by atoms with Crippen LogP contribution < -0.4 is 11.1 Å². The lowest BCUT2D eigenvalue weighted by molar-refractivity contribution is 0.0999. The van der Waals surface area contributed by atoms with Crippen LogP contribution in [0.4, 0.5) is 5.95 Å². The fraction of sp³-hybridized carbons (Fsp3) is 0.444. The van der Waals surface area contributed by atoms with Crippen molar-refractivity contribution < 1.29 is 4.79 Å². The van der Waals surface area contributed by atoms with E-state index in [2.05, 4.69) is 15.3 Å². The monoisotopic (exact) mass is 192 g/mol. The van der Waals surface area contributed by atoms with E-state index in [-0.39, 0.29) is 0 Å². The number of nitrogens with two attached hydrogens (primary N) is 1. The van der Waals surface area contributed by atoms with Crippen molar-refractivity contribution in [3.05, 3.63) is 18.0 Å². The van der Waals surface area contributed by atoms with E-state index in [0.717, 1.165) is 12.5 Å². The van der Waals surface area contributed by atoms with Crippen molar-refractivity contribution in [2.75, 3.05) is 11.9 Å². The van der Waals surface area contributed by atoms with Gasteiger partial charge in [-0.25, -0.2) is 9.97 Å². The first-order chi connectivity index (χ1) is 6.75. The average Bonchev–Trinajstić information content (AvgIpc) is 2.99. The smallest absolute Gasteiger partial charge is 0.251 e. The van der Waals surface area contributed by atoms with Crippen LogP contribution in [0.15, 0.2) is 12.4 Å². The van der Waals surface area contributed by atoms with Crippen LogP contribution in [-0.2, 0) is 0 Å². The van der Waals surface area contributed by atoms with Crippen molar-refractivity contribution in [2.45, 2.75) is 12.8 Å². The Bertz CT molecular complexity index is 331. The van der Waals surface area contributed by atoms with Gasteiger partial charge in [-0.1, -0.05) is 0 Å². The SMILES string of the molecule is NC(=O)c1cnc(NCC2CC2)nc1. The maximum atomic E-state index is 10.7. The zero-order chi connectivity index (χ0) is 9.97. The predicted octanol–water partition coefficient (Wildman–Crippen LogP) is 0.397. The average molecular weight is 192 g/mol. The highest BCUT2D eigenvalue weighted by molar-refractivity contribution is 5.92. The minimum atomic E-state index is -0.501. The second-order valence-electron chi connectivity index (χ2n) is 3.48. The Hall–Kier alpha value is -1.65. The largest absolute Gasteiger partial charge is 0.366 e. The highest BCUT2D eigenvalue weighted by Gasteiger charge is 2.20. The van der Waals surface area contributed by atoms with E-state index in [1.807, 2.05) is 0 Å². The summed E-state index contributed by atoms with van der Waals surface area (Å²) < 4.78 is 0. The summed E-state index contributed by atoms with van der Waals surface area (Å²) in [6.45, 7) is 0.913. The fourth-order valence-corrected chi connectivity index (χ4v) is 1.10. The summed E-state index contributed by atoms with van der Waals surface area (Å²) in [6.07, 6.45) is 5.44. The number of rotatable bonds is 4. The summed E-state index contributed by atoms with van der Waals surface area (Å²) in [5, 5.41) is 3.10. The van der Waals surface area contributed by atoms with Gasteiger partial charge in [-0.15, -0.1) is 0 Å². The number of primary amides is 1. The zero-order valence-electron chi connectivity index (χ0n) is 7.73. The van der Waals surface area contributed by atoms with E-state index in [4.69, 9.17) is 5.73 Å². The van der Waals surface area contributed by atoms with Gasteiger partial charge in [-0.2, -0.15) is 0 Å². The Labute approximate surface area is 81.7 Å². The second-order valence-corrected chi connectivity index (χ2v) is 3.48. The minimum Gasteiger partial charge on any atom is -0.366 e. The van der Waals surface area contributed by atoms with Crippen molar-refractivity contribution in [3.63, 3.8) is 0 Å². The van der Waals surface area contributed by atoms with Crippen LogP contribution in [0.25, 0.3) is 0 Å². The number of aromatic nitrogens is 2. The molecule has 0 unspecified atom stereocenters. The van der Waals surface area contributed by atoms with Crippen LogP contribution >= 0.6 is 0 Å². The first-order valence-corrected chi connectivity index (χ1v) is 4.61. The van der Waals surface area contributed by atoms with Crippen LogP contribution in [0, 0.1) is 5.92 Å². The maximum Gasteiger partial charge on any atom is 0.251 e. The molecule has 1 heterocycles. The molecule has 74 valence electrons. The molecular weight excluding hydrogens is 180 g/mol. The van der Waals surface area contributed by atoms with Crippen molar-refractivity contribution in [1.82, 2.24) is 9.97 Å². The molecule has 1 saturated carbocycles. The molecule has 0 radical (unpaired) electrons. The third kappa shape index (κ3) is 2.18. The number of amides is 1. The molecule has 1 fully saturated rings. The molecular formula is C9H12N4O. The second kappa shape index (κ2) is 3.61. The van der Waals surface area contributed by atoms with Crippen molar-refractivity contribution in [1.29, 1.82) is 0 Å². The Balaban J connectivity index is 1.94. The Morgan fingerprint density at radius 1 is 1.50 bits per heavy atom. The topological polar surface area (TPSA) is 80.9 Å². The molecule has 1 aromatic rings. The summed E-state index contributed by atoms with van der Waals surface area (Å²) >= 11 is 0. The fourth-order valence-electron chi connectivity index (χ4n) is 1.10. The molecule has 0 aliphatic heterocycles. The molecule has 1 aliphatic rings. The predicted molar refractivity (Wildman–Crippen MR) is 51.8 cm³/mol. The lowest BCUT2D eigenvalue weighted by Crippen LogP contribution is -2.13. The molecule has 0 spiro atoms. The van der Waals surface area contributed by atoms with Gasteiger partial charge in [0, 0.05) is 18.9 Å². The van der Waals surface area contributed by atoms with Gasteiger partial charge in [0.05, 0.1) is 5.56 Å². The van der Waals surface area contributed by atoms with Crippen molar-refractivity contribution >= 4 is 11.9 Å². The molecule has 1 aliphatic carbocycles. The minimum absolute atomic E-state index is 0.335. The molecule has 0 bridgehead atoms. The third-order valence-corrected chi connectivity index (χ3v) is 2.18. The van der Waals surface area contributed by atoms with Gasteiger partial charge in [0.15, 0.2) is 0 Å². The quantitative estimate of drug-likeness (QED) is 0.723. The van der Waals surface area contributed by atoms with Crippen LogP contribution in [-0.4, -0.2) is 22.4 Å². The highest BCUT2D eigenvalue weighted by Crippen LogP contribution is 2.28. The maximum absolute atomic E-state index is 10.7. The van der Waals surface area contributed by atoms with E-state index >= 15 is 0 Å². The van der Waals surface area contributed by atoms with E-state index in [1.54, 1.807) is 0 Å². The van der Waals surface area contributed by atoms with E-state index in [1.165, 1.54) is 25.2 Å². The molecule has 0 aromatic carbocycles. The molecule has 14 heavy (non-hydrogen) atoms. The Kier molecular flexibility index (Phi) is 2.30. The van der Waals surface area contributed by atoms with Gasteiger partial charge >= 0.3 is 0 Å².